The number of benzene rings is 2. The molecule has 144 valence electrons. The number of hydrogen-bond donors (Lipinski definition) is 0. The molecule has 1 heterocycles. The predicted octanol–water partition coefficient (Wildman–Crippen LogP) is 3.44. The first-order valence-corrected chi connectivity index (χ1v) is 9.49. The Morgan fingerprint density at radius 1 is 1.04 bits per heavy atom. The van der Waals surface area contributed by atoms with Crippen molar-refractivity contribution in [3.8, 4) is 0 Å². The van der Waals surface area contributed by atoms with Crippen LogP contribution in [0.5, 0.6) is 0 Å². The number of aryl methyl sites for hydroxylation is 2. The molecule has 0 N–H and O–H groups in total. The second-order valence-corrected chi connectivity index (χ2v) is 7.51. The van der Waals surface area contributed by atoms with Gasteiger partial charge in [-0.25, -0.2) is 0 Å². The van der Waals surface area contributed by atoms with Gasteiger partial charge in [-0.05, 0) is 56.2 Å². The number of fused-ring (bicyclic) bond motifs is 1. The van der Waals surface area contributed by atoms with Crippen LogP contribution >= 0.6 is 11.3 Å². The standard InChI is InChI=1S/C21H20N2O4S/c1-12-9-17-18(10-13(12)2)28-21(23(17)11-19(25)27-4)22-20(26)16-7-5-15(6-8-16)14(3)24/h5-10H,11H2,1-4H3. The number of Topliss-reactive ketones (excluding diaryl/α,β-unsaturated/α-hetero) is 1. The van der Waals surface area contributed by atoms with E-state index < -0.39 is 11.9 Å². The molecule has 2 aromatic carbocycles. The van der Waals surface area contributed by atoms with Crippen molar-refractivity contribution in [3.63, 3.8) is 0 Å². The molecule has 0 atom stereocenters. The highest BCUT2D eigenvalue weighted by Crippen LogP contribution is 2.22. The van der Waals surface area contributed by atoms with Crippen molar-refractivity contribution in [3.05, 3.63) is 63.5 Å². The van der Waals surface area contributed by atoms with E-state index in [9.17, 15) is 14.4 Å². The lowest BCUT2D eigenvalue weighted by Gasteiger charge is -2.05. The summed E-state index contributed by atoms with van der Waals surface area (Å²) in [6, 6.07) is 10.4. The summed E-state index contributed by atoms with van der Waals surface area (Å²) in [4.78, 5) is 40.6. The molecule has 0 saturated heterocycles. The van der Waals surface area contributed by atoms with Gasteiger partial charge in [0, 0.05) is 11.1 Å². The minimum Gasteiger partial charge on any atom is -0.468 e. The second kappa shape index (κ2) is 7.90. The highest BCUT2D eigenvalue weighted by Gasteiger charge is 2.14. The van der Waals surface area contributed by atoms with Gasteiger partial charge in [-0.1, -0.05) is 23.5 Å². The van der Waals surface area contributed by atoms with Crippen molar-refractivity contribution < 1.29 is 19.1 Å². The third-order valence-electron chi connectivity index (χ3n) is 4.55. The third-order valence-corrected chi connectivity index (χ3v) is 5.59. The van der Waals surface area contributed by atoms with Crippen LogP contribution in [0.4, 0.5) is 0 Å². The molecule has 6 nitrogen and oxygen atoms in total. The van der Waals surface area contributed by atoms with E-state index >= 15 is 0 Å². The Hall–Kier alpha value is -3.06. The zero-order valence-corrected chi connectivity index (χ0v) is 16.9. The van der Waals surface area contributed by atoms with E-state index in [4.69, 9.17) is 4.74 Å². The molecule has 0 spiro atoms. The van der Waals surface area contributed by atoms with Crippen LogP contribution in [0, 0.1) is 13.8 Å². The van der Waals surface area contributed by atoms with E-state index in [-0.39, 0.29) is 12.3 Å². The molecule has 1 amide bonds. The molecule has 7 heteroatoms. The number of esters is 1. The molecular weight excluding hydrogens is 376 g/mol. The fourth-order valence-corrected chi connectivity index (χ4v) is 3.86. The summed E-state index contributed by atoms with van der Waals surface area (Å²) in [7, 11) is 1.32. The maximum atomic E-state index is 12.6. The Kier molecular flexibility index (Phi) is 5.56. The number of ether oxygens (including phenoxy) is 1. The molecule has 0 aliphatic rings. The number of ketones is 1. The van der Waals surface area contributed by atoms with Gasteiger partial charge in [-0.3, -0.25) is 14.4 Å². The number of aromatic nitrogens is 1. The zero-order valence-electron chi connectivity index (χ0n) is 16.1. The number of amides is 1. The van der Waals surface area contributed by atoms with Crippen molar-refractivity contribution in [2.24, 2.45) is 4.99 Å². The van der Waals surface area contributed by atoms with Gasteiger partial charge in [0.05, 0.1) is 17.3 Å². The fourth-order valence-electron chi connectivity index (χ4n) is 2.75. The molecule has 0 unspecified atom stereocenters. The molecule has 3 aromatic rings. The smallest absolute Gasteiger partial charge is 0.325 e. The largest absolute Gasteiger partial charge is 0.468 e. The lowest BCUT2D eigenvalue weighted by molar-refractivity contribution is -0.141. The maximum Gasteiger partial charge on any atom is 0.325 e. The van der Waals surface area contributed by atoms with E-state index in [1.165, 1.54) is 25.4 Å². The highest BCUT2D eigenvalue weighted by atomic mass is 32.1. The van der Waals surface area contributed by atoms with Crippen molar-refractivity contribution in [1.82, 2.24) is 4.57 Å². The van der Waals surface area contributed by atoms with Crippen LogP contribution in [-0.2, 0) is 16.1 Å². The molecule has 1 aromatic heterocycles. The molecule has 0 radical (unpaired) electrons. The van der Waals surface area contributed by atoms with Gasteiger partial charge in [0.15, 0.2) is 10.6 Å². The minimum absolute atomic E-state index is 0.0333. The number of carbonyl (C=O) groups is 3. The Bertz CT molecular complexity index is 1150. The number of methoxy groups -OCH3 is 1. The Labute approximate surface area is 166 Å². The summed E-state index contributed by atoms with van der Waals surface area (Å²) in [6.07, 6.45) is 0. The van der Waals surface area contributed by atoms with Gasteiger partial charge in [0.1, 0.15) is 6.54 Å². The first-order valence-electron chi connectivity index (χ1n) is 8.67. The average Bonchev–Trinajstić information content (AvgIpc) is 2.98. The molecule has 0 aliphatic heterocycles. The van der Waals surface area contributed by atoms with E-state index in [0.29, 0.717) is 15.9 Å². The van der Waals surface area contributed by atoms with Gasteiger partial charge in [-0.2, -0.15) is 4.99 Å². The summed E-state index contributed by atoms with van der Waals surface area (Å²) in [5, 5.41) is 0. The number of thiazole rings is 1. The van der Waals surface area contributed by atoms with Gasteiger partial charge < -0.3 is 9.30 Å². The summed E-state index contributed by atoms with van der Waals surface area (Å²) >= 11 is 1.34. The number of carbonyl (C=O) groups excluding carboxylic acids is 3. The number of nitrogens with zero attached hydrogens (tertiary/aromatic N) is 2. The number of hydrogen-bond acceptors (Lipinski definition) is 5. The fraction of sp³-hybridized carbons (Fsp3) is 0.238. The first kappa shape index (κ1) is 19.7. The second-order valence-electron chi connectivity index (χ2n) is 6.50. The molecule has 3 rings (SSSR count). The van der Waals surface area contributed by atoms with Crippen molar-refractivity contribution in [1.29, 1.82) is 0 Å². The monoisotopic (exact) mass is 396 g/mol. The average molecular weight is 396 g/mol. The van der Waals surface area contributed by atoms with Gasteiger partial charge in [0.25, 0.3) is 5.91 Å². The van der Waals surface area contributed by atoms with Gasteiger partial charge >= 0.3 is 5.97 Å². The lowest BCUT2D eigenvalue weighted by Crippen LogP contribution is -2.22. The highest BCUT2D eigenvalue weighted by molar-refractivity contribution is 7.16. The quantitative estimate of drug-likeness (QED) is 0.500. The summed E-state index contributed by atoms with van der Waals surface area (Å²) in [5.41, 5.74) is 3.94. The predicted molar refractivity (Wildman–Crippen MR) is 108 cm³/mol. The number of rotatable bonds is 4. The van der Waals surface area contributed by atoms with Crippen LogP contribution < -0.4 is 4.80 Å². The minimum atomic E-state index is -0.436. The van der Waals surface area contributed by atoms with Crippen molar-refractivity contribution in [2.45, 2.75) is 27.3 Å². The normalized spacial score (nSPS) is 11.6. The topological polar surface area (TPSA) is 77.7 Å². The van der Waals surface area contributed by atoms with Crippen molar-refractivity contribution >= 4 is 39.2 Å². The molecular formula is C21H20N2O4S. The first-order chi connectivity index (χ1) is 13.3. The molecule has 0 bridgehead atoms. The van der Waals surface area contributed by atoms with Crippen LogP contribution in [0.15, 0.2) is 41.4 Å². The summed E-state index contributed by atoms with van der Waals surface area (Å²) in [5.74, 6) is -0.923. The van der Waals surface area contributed by atoms with Crippen LogP contribution in [0.1, 0.15) is 38.8 Å². The van der Waals surface area contributed by atoms with E-state index in [1.807, 2.05) is 26.0 Å². The Balaban J connectivity index is 2.11. The van der Waals surface area contributed by atoms with Crippen molar-refractivity contribution in [2.75, 3.05) is 7.11 Å². The van der Waals surface area contributed by atoms with E-state index in [1.54, 1.807) is 28.8 Å². The summed E-state index contributed by atoms with van der Waals surface area (Å²) in [6.45, 7) is 5.44. The van der Waals surface area contributed by atoms with Crippen LogP contribution in [0.3, 0.4) is 0 Å². The Morgan fingerprint density at radius 2 is 1.64 bits per heavy atom. The van der Waals surface area contributed by atoms with E-state index in [0.717, 1.165) is 21.3 Å². The zero-order chi connectivity index (χ0) is 20.4. The van der Waals surface area contributed by atoms with Crippen LogP contribution in [-0.4, -0.2) is 29.3 Å². The van der Waals surface area contributed by atoms with Gasteiger partial charge in [0.2, 0.25) is 0 Å². The summed E-state index contributed by atoms with van der Waals surface area (Å²) < 4.78 is 7.42. The SMILES string of the molecule is COC(=O)Cn1c(=NC(=O)c2ccc(C(C)=O)cc2)sc2cc(C)c(C)cc21. The van der Waals surface area contributed by atoms with Gasteiger partial charge in [-0.15, -0.1) is 0 Å². The Morgan fingerprint density at radius 3 is 2.25 bits per heavy atom. The molecule has 28 heavy (non-hydrogen) atoms. The maximum absolute atomic E-state index is 12.6. The third kappa shape index (κ3) is 3.94. The molecule has 0 fully saturated rings. The molecule has 0 aliphatic carbocycles. The lowest BCUT2D eigenvalue weighted by atomic mass is 10.1. The van der Waals surface area contributed by atoms with E-state index in [2.05, 4.69) is 4.99 Å². The molecule has 0 saturated carbocycles. The van der Waals surface area contributed by atoms with Crippen LogP contribution in [0.25, 0.3) is 10.2 Å². The van der Waals surface area contributed by atoms with Crippen LogP contribution in [0.2, 0.25) is 0 Å².